The molecule has 0 radical (unpaired) electrons. The Balaban J connectivity index is 0.00000176. The molecule has 3 aromatic heterocycles. The van der Waals surface area contributed by atoms with Gasteiger partial charge in [-0.15, -0.1) is 0 Å². The normalized spacial score (nSPS) is 10.5. The molecule has 1 aromatic carbocycles. The molecule has 0 aliphatic rings. The van der Waals surface area contributed by atoms with Crippen molar-refractivity contribution in [3.8, 4) is 17.0 Å². The largest absolute Gasteiger partial charge is 0.487 e. The number of hydrogen-bond acceptors (Lipinski definition) is 6. The number of pyridine rings is 2. The fourth-order valence-corrected chi connectivity index (χ4v) is 3.87. The van der Waals surface area contributed by atoms with Crippen molar-refractivity contribution in [1.82, 2.24) is 24.6 Å². The molecule has 9 heteroatoms. The topological polar surface area (TPSA) is 82.4 Å². The van der Waals surface area contributed by atoms with Crippen LogP contribution in [0.25, 0.3) is 22.2 Å². The molecule has 4 rings (SSSR count). The number of carbonyl (C=O) groups is 1. The Morgan fingerprint density at radius 3 is 2.64 bits per heavy atom. The summed E-state index contributed by atoms with van der Waals surface area (Å²) in [4.78, 5) is 22.4. The van der Waals surface area contributed by atoms with Gasteiger partial charge in [-0.2, -0.15) is 5.10 Å². The van der Waals surface area contributed by atoms with Gasteiger partial charge < -0.3 is 14.4 Å². The molecule has 4 aromatic rings. The zero-order valence-corrected chi connectivity index (χ0v) is 22.3. The summed E-state index contributed by atoms with van der Waals surface area (Å²) < 4.78 is 13.4. The lowest BCUT2D eigenvalue weighted by atomic mass is 10.0. The molecular weight excluding hydrogens is 478 g/mol. The fourth-order valence-electron chi connectivity index (χ4n) is 3.63. The van der Waals surface area contributed by atoms with Crippen LogP contribution in [0, 0.1) is 6.92 Å². The van der Waals surface area contributed by atoms with Crippen LogP contribution in [0.2, 0.25) is 5.02 Å². The van der Waals surface area contributed by atoms with Crippen LogP contribution in [-0.2, 0) is 25.0 Å². The van der Waals surface area contributed by atoms with Gasteiger partial charge in [0.15, 0.2) is 0 Å². The highest BCUT2D eigenvalue weighted by Crippen LogP contribution is 2.33. The van der Waals surface area contributed by atoms with E-state index in [9.17, 15) is 4.79 Å². The third-order valence-corrected chi connectivity index (χ3v) is 5.96. The Hall–Kier alpha value is -3.65. The van der Waals surface area contributed by atoms with Crippen LogP contribution in [0.3, 0.4) is 0 Å². The average Bonchev–Trinajstić information content (AvgIpc) is 3.32. The summed E-state index contributed by atoms with van der Waals surface area (Å²) in [6.07, 6.45) is 4.55. The second kappa shape index (κ2) is 12.4. The summed E-state index contributed by atoms with van der Waals surface area (Å²) in [7, 11) is 3.59. The van der Waals surface area contributed by atoms with Crippen LogP contribution >= 0.6 is 11.6 Å². The van der Waals surface area contributed by atoms with Crippen molar-refractivity contribution in [2.24, 2.45) is 7.05 Å². The Morgan fingerprint density at radius 2 is 1.94 bits per heavy atom. The number of para-hydroxylation sites is 1. The predicted molar refractivity (Wildman–Crippen MR) is 142 cm³/mol. The van der Waals surface area contributed by atoms with Gasteiger partial charge in [-0.05, 0) is 32.0 Å². The zero-order chi connectivity index (χ0) is 26.2. The number of fused-ring (bicyclic) bond motifs is 1. The number of ether oxygens (including phenoxy) is 2. The Morgan fingerprint density at radius 1 is 1.17 bits per heavy atom. The average molecular weight is 510 g/mol. The molecule has 36 heavy (non-hydrogen) atoms. The van der Waals surface area contributed by atoms with E-state index in [1.807, 2.05) is 69.8 Å². The molecule has 0 unspecified atom stereocenters. The molecule has 0 spiro atoms. The molecule has 0 saturated carbocycles. The number of carbonyl (C=O) groups excluding carboxylic acids is 1. The van der Waals surface area contributed by atoms with Gasteiger partial charge in [0.05, 0.1) is 10.7 Å². The minimum atomic E-state index is -0.411. The Kier molecular flexibility index (Phi) is 9.25. The van der Waals surface area contributed by atoms with Crippen LogP contribution in [0.4, 0.5) is 4.79 Å². The monoisotopic (exact) mass is 509 g/mol. The maximum Gasteiger partial charge on any atom is 0.409 e. The Bertz CT molecular complexity index is 1340. The van der Waals surface area contributed by atoms with Crippen LogP contribution in [0.15, 0.2) is 48.9 Å². The third-order valence-electron chi connectivity index (χ3n) is 5.63. The maximum absolute atomic E-state index is 12.1. The number of aryl methyl sites for hydroxylation is 2. The van der Waals surface area contributed by atoms with Crippen molar-refractivity contribution in [1.29, 1.82) is 0 Å². The molecule has 0 bridgehead atoms. The standard InChI is InChI=1S/C25H26ClN5O3.C2H6/c1-5-30(3)25(32)34-14-17-12-27-13-21(26)20(17)15-33-23-8-6-7-18-19(11-16(2)29-24(18)23)22-9-10-28-31(22)4;1-2/h6-13H,5,14-15H2,1-4H3;1-2H3. The van der Waals surface area contributed by atoms with E-state index in [-0.39, 0.29) is 13.2 Å². The van der Waals surface area contributed by atoms with Crippen molar-refractivity contribution in [2.45, 2.75) is 40.9 Å². The molecule has 0 aliphatic carbocycles. The lowest BCUT2D eigenvalue weighted by Crippen LogP contribution is -2.27. The van der Waals surface area contributed by atoms with E-state index < -0.39 is 6.09 Å². The van der Waals surface area contributed by atoms with Gasteiger partial charge in [0.2, 0.25) is 0 Å². The maximum atomic E-state index is 12.1. The first kappa shape index (κ1) is 26.9. The van der Waals surface area contributed by atoms with E-state index in [4.69, 9.17) is 26.1 Å². The number of nitrogens with zero attached hydrogens (tertiary/aromatic N) is 5. The Labute approximate surface area is 216 Å². The number of rotatable bonds is 7. The summed E-state index contributed by atoms with van der Waals surface area (Å²) in [6, 6.07) is 9.86. The minimum Gasteiger partial charge on any atom is -0.487 e. The molecule has 0 fully saturated rings. The number of benzene rings is 1. The number of halogens is 1. The summed E-state index contributed by atoms with van der Waals surface area (Å²) in [5, 5.41) is 5.70. The van der Waals surface area contributed by atoms with Crippen molar-refractivity contribution in [3.05, 3.63) is 70.8 Å². The highest BCUT2D eigenvalue weighted by atomic mass is 35.5. The number of aromatic nitrogens is 4. The molecule has 8 nitrogen and oxygen atoms in total. The quantitative estimate of drug-likeness (QED) is 0.295. The molecule has 0 aliphatic heterocycles. The highest BCUT2D eigenvalue weighted by molar-refractivity contribution is 6.31. The van der Waals surface area contributed by atoms with Crippen LogP contribution in [-0.4, -0.2) is 44.3 Å². The van der Waals surface area contributed by atoms with Gasteiger partial charge in [0, 0.05) is 67.0 Å². The lowest BCUT2D eigenvalue weighted by molar-refractivity contribution is 0.106. The first-order chi connectivity index (χ1) is 17.4. The summed E-state index contributed by atoms with van der Waals surface area (Å²) >= 11 is 6.44. The van der Waals surface area contributed by atoms with Crippen LogP contribution in [0.1, 0.15) is 37.6 Å². The summed E-state index contributed by atoms with van der Waals surface area (Å²) in [6.45, 7) is 8.61. The third kappa shape index (κ3) is 5.94. The number of amides is 1. The van der Waals surface area contributed by atoms with Crippen LogP contribution < -0.4 is 4.74 Å². The zero-order valence-electron chi connectivity index (χ0n) is 21.6. The van der Waals surface area contributed by atoms with Gasteiger partial charge in [-0.25, -0.2) is 9.78 Å². The van der Waals surface area contributed by atoms with Crippen molar-refractivity contribution < 1.29 is 14.3 Å². The second-order valence-electron chi connectivity index (χ2n) is 7.92. The van der Waals surface area contributed by atoms with Crippen molar-refractivity contribution >= 4 is 28.6 Å². The molecule has 0 saturated heterocycles. The molecule has 3 heterocycles. The molecular formula is C27H32ClN5O3. The van der Waals surface area contributed by atoms with E-state index >= 15 is 0 Å². The highest BCUT2D eigenvalue weighted by Gasteiger charge is 2.16. The summed E-state index contributed by atoms with van der Waals surface area (Å²) in [5.74, 6) is 0.631. The van der Waals surface area contributed by atoms with Crippen molar-refractivity contribution in [3.63, 3.8) is 0 Å². The molecule has 1 amide bonds. The fraction of sp³-hybridized carbons (Fsp3) is 0.333. The smallest absolute Gasteiger partial charge is 0.409 e. The van der Waals surface area contributed by atoms with Gasteiger partial charge in [-0.3, -0.25) is 9.67 Å². The summed E-state index contributed by atoms with van der Waals surface area (Å²) in [5.41, 5.74) is 5.04. The molecule has 0 N–H and O–H groups in total. The first-order valence-electron chi connectivity index (χ1n) is 11.9. The second-order valence-corrected chi connectivity index (χ2v) is 8.33. The van der Waals surface area contributed by atoms with Gasteiger partial charge in [0.1, 0.15) is 24.5 Å². The minimum absolute atomic E-state index is 0.0486. The van der Waals surface area contributed by atoms with E-state index in [0.29, 0.717) is 28.4 Å². The van der Waals surface area contributed by atoms with E-state index in [0.717, 1.165) is 27.9 Å². The van der Waals surface area contributed by atoms with Gasteiger partial charge in [0.25, 0.3) is 0 Å². The first-order valence-corrected chi connectivity index (χ1v) is 12.3. The van der Waals surface area contributed by atoms with Gasteiger partial charge >= 0.3 is 6.09 Å². The van der Waals surface area contributed by atoms with E-state index in [1.54, 1.807) is 25.6 Å². The van der Waals surface area contributed by atoms with E-state index in [2.05, 4.69) is 10.1 Å². The predicted octanol–water partition coefficient (Wildman–Crippen LogP) is 6.19. The SMILES string of the molecule is CC.CCN(C)C(=O)OCc1cncc(Cl)c1COc1cccc2c(-c3ccnn3C)cc(C)nc12. The van der Waals surface area contributed by atoms with E-state index in [1.165, 1.54) is 4.90 Å². The van der Waals surface area contributed by atoms with Gasteiger partial charge in [-0.1, -0.05) is 37.6 Å². The molecule has 0 atom stereocenters. The lowest BCUT2D eigenvalue weighted by Gasteiger charge is -2.17. The van der Waals surface area contributed by atoms with Crippen LogP contribution in [0.5, 0.6) is 5.75 Å². The number of hydrogen-bond donors (Lipinski definition) is 0. The van der Waals surface area contributed by atoms with Crippen molar-refractivity contribution in [2.75, 3.05) is 13.6 Å². The molecule has 190 valence electrons.